The van der Waals surface area contributed by atoms with Gasteiger partial charge in [-0.15, -0.1) is 12.4 Å². The Labute approximate surface area is 160 Å². The molecule has 0 atom stereocenters. The Morgan fingerprint density at radius 3 is 2.35 bits per heavy atom. The molecule has 0 spiro atoms. The predicted octanol–water partition coefficient (Wildman–Crippen LogP) is 5.16. The van der Waals surface area contributed by atoms with Crippen molar-refractivity contribution in [2.45, 2.75) is 19.6 Å². The van der Waals surface area contributed by atoms with Gasteiger partial charge in [-0.3, -0.25) is 0 Å². The zero-order valence-corrected chi connectivity index (χ0v) is 15.3. The Balaban J connectivity index is 0.00000243. The molecule has 0 amide bonds. The second kappa shape index (κ2) is 10.6. The van der Waals surface area contributed by atoms with Crippen LogP contribution in [0.2, 0.25) is 0 Å². The number of hydrogen-bond acceptors (Lipinski definition) is 2. The number of nitrogens with one attached hydrogen (secondary N) is 1. The van der Waals surface area contributed by atoms with Gasteiger partial charge in [0.1, 0.15) is 18.2 Å². The third-order valence-corrected chi connectivity index (χ3v) is 4.00. The van der Waals surface area contributed by atoms with E-state index in [4.69, 9.17) is 4.74 Å². The maximum Gasteiger partial charge on any atom is 0.126 e. The molecule has 3 aromatic rings. The maximum atomic E-state index is 13.6. The molecule has 0 aliphatic rings. The molecule has 3 aromatic carbocycles. The normalized spacial score (nSPS) is 10.2. The van der Waals surface area contributed by atoms with E-state index < -0.39 is 0 Å². The van der Waals surface area contributed by atoms with E-state index in [1.807, 2.05) is 60.7 Å². The molecule has 2 nitrogen and oxygen atoms in total. The predicted molar refractivity (Wildman–Crippen MR) is 106 cm³/mol. The number of halogens is 2. The van der Waals surface area contributed by atoms with E-state index in [1.165, 1.54) is 6.07 Å². The molecule has 136 valence electrons. The highest BCUT2D eigenvalue weighted by molar-refractivity contribution is 5.85. The Morgan fingerprint density at radius 2 is 1.54 bits per heavy atom. The van der Waals surface area contributed by atoms with Crippen molar-refractivity contribution in [3.05, 3.63) is 101 Å². The quantitative estimate of drug-likeness (QED) is 0.552. The second-order valence-electron chi connectivity index (χ2n) is 5.94. The van der Waals surface area contributed by atoms with Crippen molar-refractivity contribution in [1.82, 2.24) is 5.32 Å². The third kappa shape index (κ3) is 6.17. The van der Waals surface area contributed by atoms with Gasteiger partial charge in [0.25, 0.3) is 0 Å². The van der Waals surface area contributed by atoms with Crippen LogP contribution in [0.15, 0.2) is 78.9 Å². The molecule has 26 heavy (non-hydrogen) atoms. The molecule has 0 bridgehead atoms. The first-order chi connectivity index (χ1) is 12.3. The van der Waals surface area contributed by atoms with Crippen LogP contribution in [0.5, 0.6) is 5.75 Å². The van der Waals surface area contributed by atoms with E-state index in [-0.39, 0.29) is 18.2 Å². The summed E-state index contributed by atoms with van der Waals surface area (Å²) in [5, 5.41) is 3.36. The highest BCUT2D eigenvalue weighted by Gasteiger charge is 2.01. The zero-order chi connectivity index (χ0) is 17.3. The van der Waals surface area contributed by atoms with Crippen LogP contribution in [0.25, 0.3) is 0 Å². The molecule has 0 unspecified atom stereocenters. The summed E-state index contributed by atoms with van der Waals surface area (Å²) in [5.41, 5.74) is 3.05. The van der Waals surface area contributed by atoms with Crippen molar-refractivity contribution < 1.29 is 9.13 Å². The average Bonchev–Trinajstić information content (AvgIpc) is 2.66. The first kappa shape index (κ1) is 20.0. The van der Waals surface area contributed by atoms with Crippen molar-refractivity contribution in [2.75, 3.05) is 6.54 Å². The van der Waals surface area contributed by atoms with E-state index in [0.29, 0.717) is 13.0 Å². The fourth-order valence-corrected chi connectivity index (χ4v) is 2.64. The van der Waals surface area contributed by atoms with Gasteiger partial charge in [0.2, 0.25) is 0 Å². The van der Waals surface area contributed by atoms with Gasteiger partial charge in [-0.25, -0.2) is 4.39 Å². The topological polar surface area (TPSA) is 21.3 Å². The van der Waals surface area contributed by atoms with E-state index in [1.54, 1.807) is 6.07 Å². The molecular formula is C22H23ClFNO. The van der Waals surface area contributed by atoms with Crippen LogP contribution in [-0.2, 0) is 19.6 Å². The van der Waals surface area contributed by atoms with Gasteiger partial charge >= 0.3 is 0 Å². The number of hydrogen-bond donors (Lipinski definition) is 1. The SMILES string of the molecule is Cl.Fc1ccccc1CCNCc1cccc(OCc2ccccc2)c1. The molecule has 0 aromatic heterocycles. The Hall–Kier alpha value is -2.36. The molecule has 3 rings (SSSR count). The minimum absolute atomic E-state index is 0. The fourth-order valence-electron chi connectivity index (χ4n) is 2.64. The van der Waals surface area contributed by atoms with Crippen molar-refractivity contribution in [3.63, 3.8) is 0 Å². The van der Waals surface area contributed by atoms with Gasteiger partial charge in [0.15, 0.2) is 0 Å². The maximum absolute atomic E-state index is 13.6. The van der Waals surface area contributed by atoms with Crippen LogP contribution in [0.1, 0.15) is 16.7 Å². The smallest absolute Gasteiger partial charge is 0.126 e. The minimum atomic E-state index is -0.138. The standard InChI is InChI=1S/C22H22FNO.ClH/c23-22-12-5-4-10-20(22)13-14-24-16-19-9-6-11-21(15-19)25-17-18-7-2-1-3-8-18;/h1-12,15,24H,13-14,16-17H2;1H. The van der Waals surface area contributed by atoms with Crippen LogP contribution < -0.4 is 10.1 Å². The molecule has 0 saturated heterocycles. The van der Waals surface area contributed by atoms with Gasteiger partial charge in [-0.1, -0.05) is 60.7 Å². The summed E-state index contributed by atoms with van der Waals surface area (Å²) in [6, 6.07) is 25.1. The summed E-state index contributed by atoms with van der Waals surface area (Å²) in [6.45, 7) is 2.03. The summed E-state index contributed by atoms with van der Waals surface area (Å²) in [6.07, 6.45) is 0.677. The molecule has 4 heteroatoms. The first-order valence-electron chi connectivity index (χ1n) is 8.51. The van der Waals surface area contributed by atoms with Crippen molar-refractivity contribution in [2.24, 2.45) is 0 Å². The lowest BCUT2D eigenvalue weighted by Gasteiger charge is -2.09. The molecule has 0 aliphatic heterocycles. The highest BCUT2D eigenvalue weighted by Crippen LogP contribution is 2.15. The average molecular weight is 372 g/mol. The summed E-state index contributed by atoms with van der Waals surface area (Å²) in [5.74, 6) is 0.720. The molecular weight excluding hydrogens is 349 g/mol. The molecule has 0 aliphatic carbocycles. The molecule has 0 fully saturated rings. The highest BCUT2D eigenvalue weighted by atomic mass is 35.5. The van der Waals surface area contributed by atoms with E-state index >= 15 is 0 Å². The third-order valence-electron chi connectivity index (χ3n) is 4.00. The van der Waals surface area contributed by atoms with E-state index in [0.717, 1.165) is 35.5 Å². The molecule has 0 saturated carbocycles. The van der Waals surface area contributed by atoms with Gasteiger partial charge in [-0.05, 0) is 47.9 Å². The van der Waals surface area contributed by atoms with Gasteiger partial charge < -0.3 is 10.1 Å². The Morgan fingerprint density at radius 1 is 0.808 bits per heavy atom. The van der Waals surface area contributed by atoms with Gasteiger partial charge in [-0.2, -0.15) is 0 Å². The number of benzene rings is 3. The summed E-state index contributed by atoms with van der Waals surface area (Å²) < 4.78 is 19.4. The second-order valence-corrected chi connectivity index (χ2v) is 5.94. The largest absolute Gasteiger partial charge is 0.489 e. The lowest BCUT2D eigenvalue weighted by Crippen LogP contribution is -2.17. The van der Waals surface area contributed by atoms with E-state index in [9.17, 15) is 4.39 Å². The first-order valence-corrected chi connectivity index (χ1v) is 8.51. The number of rotatable bonds is 8. The zero-order valence-electron chi connectivity index (χ0n) is 14.5. The van der Waals surface area contributed by atoms with Crippen molar-refractivity contribution in [1.29, 1.82) is 0 Å². The minimum Gasteiger partial charge on any atom is -0.489 e. The Bertz CT molecular complexity index is 795. The summed E-state index contributed by atoms with van der Waals surface area (Å²) in [7, 11) is 0. The van der Waals surface area contributed by atoms with Gasteiger partial charge in [0.05, 0.1) is 0 Å². The van der Waals surface area contributed by atoms with Crippen molar-refractivity contribution >= 4 is 12.4 Å². The van der Waals surface area contributed by atoms with Crippen molar-refractivity contribution in [3.8, 4) is 5.75 Å². The van der Waals surface area contributed by atoms with E-state index in [2.05, 4.69) is 11.4 Å². The van der Waals surface area contributed by atoms with Crippen LogP contribution in [0.4, 0.5) is 4.39 Å². The lowest BCUT2D eigenvalue weighted by atomic mass is 10.1. The van der Waals surface area contributed by atoms with Crippen LogP contribution in [0.3, 0.4) is 0 Å². The molecule has 0 heterocycles. The fraction of sp³-hybridized carbons (Fsp3) is 0.182. The van der Waals surface area contributed by atoms with Crippen LogP contribution in [-0.4, -0.2) is 6.54 Å². The van der Waals surface area contributed by atoms with Crippen LogP contribution >= 0.6 is 12.4 Å². The molecule has 0 radical (unpaired) electrons. The lowest BCUT2D eigenvalue weighted by molar-refractivity contribution is 0.306. The summed E-state index contributed by atoms with van der Waals surface area (Å²) >= 11 is 0. The Kier molecular flexibility index (Phi) is 8.13. The molecule has 1 N–H and O–H groups in total. The monoisotopic (exact) mass is 371 g/mol. The van der Waals surface area contributed by atoms with Gasteiger partial charge in [0, 0.05) is 6.54 Å². The number of ether oxygens (including phenoxy) is 1. The summed E-state index contributed by atoms with van der Waals surface area (Å²) in [4.78, 5) is 0. The van der Waals surface area contributed by atoms with Crippen LogP contribution in [0, 0.1) is 5.82 Å².